The van der Waals surface area contributed by atoms with Gasteiger partial charge in [0.25, 0.3) is 11.7 Å². The zero-order chi connectivity index (χ0) is 12.3. The van der Waals surface area contributed by atoms with E-state index in [0.29, 0.717) is 5.92 Å². The average molecular weight is 238 g/mol. The Hall–Kier alpha value is -1.50. The predicted molar refractivity (Wildman–Crippen MR) is 61.4 cm³/mol. The molecule has 7 nitrogen and oxygen atoms in total. The van der Waals surface area contributed by atoms with Crippen molar-refractivity contribution in [3.8, 4) is 0 Å². The number of hydrogen-bond acceptors (Lipinski definition) is 5. The number of aromatic nitrogens is 4. The average Bonchev–Trinajstić information content (AvgIpc) is 2.82. The van der Waals surface area contributed by atoms with Crippen LogP contribution < -0.4 is 0 Å². The van der Waals surface area contributed by atoms with Gasteiger partial charge in [0.15, 0.2) is 0 Å². The molecule has 0 aliphatic carbocycles. The van der Waals surface area contributed by atoms with Gasteiger partial charge in [-0.2, -0.15) is 5.21 Å². The van der Waals surface area contributed by atoms with Gasteiger partial charge in [-0.15, -0.1) is 10.2 Å². The summed E-state index contributed by atoms with van der Waals surface area (Å²) in [4.78, 5) is 15.9. The van der Waals surface area contributed by atoms with Crippen molar-refractivity contribution < 1.29 is 4.79 Å². The van der Waals surface area contributed by atoms with Gasteiger partial charge in [-0.05, 0) is 38.1 Å². The van der Waals surface area contributed by atoms with Crippen LogP contribution in [0.3, 0.4) is 0 Å². The summed E-state index contributed by atoms with van der Waals surface area (Å²) in [5.74, 6) is 0.720. The van der Waals surface area contributed by atoms with E-state index in [0.717, 1.165) is 32.5 Å². The molecule has 1 N–H and O–H groups in total. The van der Waals surface area contributed by atoms with E-state index < -0.39 is 0 Å². The fourth-order valence-corrected chi connectivity index (χ4v) is 2.23. The van der Waals surface area contributed by atoms with E-state index in [1.54, 1.807) is 4.90 Å². The summed E-state index contributed by atoms with van der Waals surface area (Å²) in [5.41, 5.74) is 0. The van der Waals surface area contributed by atoms with Crippen molar-refractivity contribution in [1.82, 2.24) is 30.4 Å². The van der Waals surface area contributed by atoms with E-state index >= 15 is 0 Å². The van der Waals surface area contributed by atoms with Gasteiger partial charge in [0.2, 0.25) is 0 Å². The van der Waals surface area contributed by atoms with Crippen LogP contribution in [0.15, 0.2) is 0 Å². The molecule has 7 heteroatoms. The van der Waals surface area contributed by atoms with Gasteiger partial charge in [-0.1, -0.05) is 0 Å². The molecule has 0 unspecified atom stereocenters. The lowest BCUT2D eigenvalue weighted by molar-refractivity contribution is 0.0666. The van der Waals surface area contributed by atoms with Crippen LogP contribution in [-0.2, 0) is 0 Å². The number of aromatic amines is 1. The monoisotopic (exact) mass is 238 g/mol. The minimum Gasteiger partial charge on any atom is -0.336 e. The standard InChI is InChI=1S/C10H18N6O/c1-15(2)7-8-3-5-16(6-4-8)10(17)9-11-13-14-12-9/h8H,3-7H2,1-2H3,(H,11,12,13,14). The molecule has 0 bridgehead atoms. The summed E-state index contributed by atoms with van der Waals surface area (Å²) >= 11 is 0. The zero-order valence-corrected chi connectivity index (χ0v) is 10.3. The molecule has 1 saturated heterocycles. The van der Waals surface area contributed by atoms with Crippen LogP contribution in [0, 0.1) is 5.92 Å². The van der Waals surface area contributed by atoms with E-state index in [1.165, 1.54) is 0 Å². The van der Waals surface area contributed by atoms with Gasteiger partial charge < -0.3 is 9.80 Å². The Morgan fingerprint density at radius 3 is 2.71 bits per heavy atom. The summed E-state index contributed by atoms with van der Waals surface area (Å²) in [6.45, 7) is 2.65. The van der Waals surface area contributed by atoms with Crippen LogP contribution in [0.25, 0.3) is 0 Å². The lowest BCUT2D eigenvalue weighted by Crippen LogP contribution is -2.41. The summed E-state index contributed by atoms with van der Waals surface area (Å²) in [6.07, 6.45) is 2.09. The first kappa shape index (κ1) is 12.0. The Kier molecular flexibility index (Phi) is 3.68. The van der Waals surface area contributed by atoms with Crippen molar-refractivity contribution in [2.45, 2.75) is 12.8 Å². The third kappa shape index (κ3) is 3.00. The van der Waals surface area contributed by atoms with Gasteiger partial charge >= 0.3 is 0 Å². The van der Waals surface area contributed by atoms with Gasteiger partial charge in [-0.25, -0.2) is 0 Å². The molecule has 0 spiro atoms. The highest BCUT2D eigenvalue weighted by Crippen LogP contribution is 2.18. The molecule has 0 aromatic carbocycles. The highest BCUT2D eigenvalue weighted by atomic mass is 16.2. The highest BCUT2D eigenvalue weighted by Gasteiger charge is 2.25. The van der Waals surface area contributed by atoms with Crippen molar-refractivity contribution in [3.05, 3.63) is 5.82 Å². The van der Waals surface area contributed by atoms with E-state index in [4.69, 9.17) is 0 Å². The van der Waals surface area contributed by atoms with Crippen LogP contribution in [-0.4, -0.2) is 70.1 Å². The molecule has 94 valence electrons. The fraction of sp³-hybridized carbons (Fsp3) is 0.800. The van der Waals surface area contributed by atoms with E-state index in [-0.39, 0.29) is 11.7 Å². The molecular weight excluding hydrogens is 220 g/mol. The van der Waals surface area contributed by atoms with Crippen molar-refractivity contribution in [2.75, 3.05) is 33.7 Å². The fourth-order valence-electron chi connectivity index (χ4n) is 2.23. The second kappa shape index (κ2) is 5.22. The molecule has 1 aromatic heterocycles. The Morgan fingerprint density at radius 2 is 2.18 bits per heavy atom. The van der Waals surface area contributed by atoms with Crippen molar-refractivity contribution in [3.63, 3.8) is 0 Å². The summed E-state index contributed by atoms with van der Waals surface area (Å²) in [5, 5.41) is 13.1. The first-order chi connectivity index (χ1) is 8.16. The summed E-state index contributed by atoms with van der Waals surface area (Å²) in [6, 6.07) is 0. The first-order valence-electron chi connectivity index (χ1n) is 5.84. The van der Waals surface area contributed by atoms with Crippen LogP contribution in [0.4, 0.5) is 0 Å². The molecule has 1 aliphatic rings. The maximum atomic E-state index is 11.9. The smallest absolute Gasteiger partial charge is 0.295 e. The lowest BCUT2D eigenvalue weighted by Gasteiger charge is -2.32. The molecule has 0 atom stereocenters. The molecule has 17 heavy (non-hydrogen) atoms. The number of piperidine rings is 1. The minimum atomic E-state index is -0.123. The number of rotatable bonds is 3. The molecule has 1 aromatic rings. The van der Waals surface area contributed by atoms with E-state index in [9.17, 15) is 4.79 Å². The number of tetrazole rings is 1. The number of carbonyl (C=O) groups excluding carboxylic acids is 1. The number of likely N-dealkylation sites (tertiary alicyclic amines) is 1. The number of nitrogens with one attached hydrogen (secondary N) is 1. The Labute approximate surface area is 100 Å². The SMILES string of the molecule is CN(C)CC1CCN(C(=O)c2nn[nH]n2)CC1. The molecule has 2 rings (SSSR count). The zero-order valence-electron chi connectivity index (χ0n) is 10.3. The first-order valence-corrected chi connectivity index (χ1v) is 5.84. The van der Waals surface area contributed by atoms with Crippen molar-refractivity contribution in [1.29, 1.82) is 0 Å². The molecule has 1 fully saturated rings. The maximum absolute atomic E-state index is 11.9. The maximum Gasteiger partial charge on any atom is 0.295 e. The third-order valence-corrected chi connectivity index (χ3v) is 3.06. The highest BCUT2D eigenvalue weighted by molar-refractivity contribution is 5.90. The molecule has 0 radical (unpaired) electrons. The Morgan fingerprint density at radius 1 is 1.47 bits per heavy atom. The number of amides is 1. The molecule has 0 saturated carbocycles. The topological polar surface area (TPSA) is 78.0 Å². The number of H-pyrrole nitrogens is 1. The normalized spacial score (nSPS) is 17.7. The van der Waals surface area contributed by atoms with Gasteiger partial charge in [-0.3, -0.25) is 4.79 Å². The minimum absolute atomic E-state index is 0.123. The van der Waals surface area contributed by atoms with Gasteiger partial charge in [0.05, 0.1) is 0 Å². The summed E-state index contributed by atoms with van der Waals surface area (Å²) < 4.78 is 0. The molecule has 1 aliphatic heterocycles. The van der Waals surface area contributed by atoms with Crippen LogP contribution >= 0.6 is 0 Å². The van der Waals surface area contributed by atoms with Gasteiger partial charge in [0.1, 0.15) is 0 Å². The number of hydrogen-bond donors (Lipinski definition) is 1. The van der Waals surface area contributed by atoms with E-state index in [1.807, 2.05) is 0 Å². The largest absolute Gasteiger partial charge is 0.336 e. The van der Waals surface area contributed by atoms with Crippen LogP contribution in [0.5, 0.6) is 0 Å². The second-order valence-corrected chi connectivity index (χ2v) is 4.73. The van der Waals surface area contributed by atoms with E-state index in [2.05, 4.69) is 39.6 Å². The molecule has 1 amide bonds. The molecular formula is C10H18N6O. The molecule has 2 heterocycles. The Bertz CT molecular complexity index is 355. The number of nitrogens with zero attached hydrogens (tertiary/aromatic N) is 5. The predicted octanol–water partition coefficient (Wildman–Crippen LogP) is -0.386. The summed E-state index contributed by atoms with van der Waals surface area (Å²) in [7, 11) is 4.16. The van der Waals surface area contributed by atoms with Crippen LogP contribution in [0.1, 0.15) is 23.5 Å². The number of carbonyl (C=O) groups is 1. The quantitative estimate of drug-likeness (QED) is 0.776. The second-order valence-electron chi connectivity index (χ2n) is 4.73. The van der Waals surface area contributed by atoms with Gasteiger partial charge in [0, 0.05) is 19.6 Å². The lowest BCUT2D eigenvalue weighted by atomic mass is 9.96. The Balaban J connectivity index is 1.85. The van der Waals surface area contributed by atoms with Crippen LogP contribution in [0.2, 0.25) is 0 Å². The van der Waals surface area contributed by atoms with Crippen molar-refractivity contribution >= 4 is 5.91 Å². The van der Waals surface area contributed by atoms with Crippen molar-refractivity contribution in [2.24, 2.45) is 5.92 Å². The third-order valence-electron chi connectivity index (χ3n) is 3.06.